The Balaban J connectivity index is 1.31. The Bertz CT molecular complexity index is 2310. The molecule has 400 valence electrons. The molecule has 1 aliphatic heterocycles. The van der Waals surface area contributed by atoms with Gasteiger partial charge in [-0.25, -0.2) is 33.2 Å². The van der Waals surface area contributed by atoms with Gasteiger partial charge in [0.05, 0.1) is 26.1 Å². The lowest BCUT2D eigenvalue weighted by molar-refractivity contribution is -0.137. The van der Waals surface area contributed by atoms with Crippen LogP contribution in [-0.2, 0) is 64.6 Å². The number of hydrogen-bond acceptors (Lipinski definition) is 23. The minimum Gasteiger partial charge on any atom is -0.386 e. The Morgan fingerprint density at radius 2 is 1.26 bits per heavy atom. The summed E-state index contributed by atoms with van der Waals surface area (Å²) in [5, 5.41) is 41.7. The molecule has 38 heteroatoms. The van der Waals surface area contributed by atoms with E-state index in [0.29, 0.717) is 11.5 Å². The molecule has 1 fully saturated rings. The molecular weight excluding hydrogens is 1070 g/mol. The van der Waals surface area contributed by atoms with Crippen LogP contribution in [0.15, 0.2) is 12.7 Å². The largest absolute Gasteiger partial charge is 0.481 e. The lowest BCUT2D eigenvalue weighted by atomic mass is 9.87. The van der Waals surface area contributed by atoms with Gasteiger partial charge in [-0.2, -0.15) is 4.31 Å². The van der Waals surface area contributed by atoms with Crippen molar-refractivity contribution in [2.45, 2.75) is 77.3 Å². The molecule has 32 nitrogen and oxygen atoms in total. The highest BCUT2D eigenvalue weighted by atomic mass is 33.1. The van der Waals surface area contributed by atoms with Crippen LogP contribution in [0.5, 0.6) is 0 Å². The van der Waals surface area contributed by atoms with Crippen LogP contribution in [-0.4, -0.2) is 176 Å². The molecule has 2 unspecified atom stereocenters. The average Bonchev–Trinajstić information content (AvgIpc) is 3.81. The number of phosphoric ester groups is 4. The van der Waals surface area contributed by atoms with E-state index in [4.69, 9.17) is 29.3 Å². The first-order chi connectivity index (χ1) is 32.2. The van der Waals surface area contributed by atoms with Crippen LogP contribution < -0.4 is 27.0 Å². The van der Waals surface area contributed by atoms with Gasteiger partial charge in [0, 0.05) is 61.4 Å². The number of aliphatic hydroxyl groups is 3. The van der Waals surface area contributed by atoms with Gasteiger partial charge < -0.3 is 76.4 Å². The maximum Gasteiger partial charge on any atom is 0.481 e. The first-order valence-corrected chi connectivity index (χ1v) is 28.8. The van der Waals surface area contributed by atoms with Crippen molar-refractivity contribution in [3.05, 3.63) is 12.7 Å². The molecule has 70 heavy (non-hydrogen) atoms. The van der Waals surface area contributed by atoms with Crippen LogP contribution in [0.2, 0.25) is 0 Å². The lowest BCUT2D eigenvalue weighted by Gasteiger charge is -2.30. The van der Waals surface area contributed by atoms with Crippen LogP contribution in [0.25, 0.3) is 11.2 Å². The summed E-state index contributed by atoms with van der Waals surface area (Å²) in [6.07, 6.45) is -8.87. The monoisotopic (exact) mass is 1120 g/mol. The molecule has 8 atom stereocenters. The number of nitrogen functional groups attached to an aromatic ring is 1. The first-order valence-electron chi connectivity index (χ1n) is 20.3. The van der Waals surface area contributed by atoms with E-state index in [9.17, 15) is 72.3 Å². The average molecular weight is 1120 g/mol. The first kappa shape index (κ1) is 61.5. The van der Waals surface area contributed by atoms with Crippen molar-refractivity contribution in [2.75, 3.05) is 63.2 Å². The fourth-order valence-electron chi connectivity index (χ4n) is 5.69. The number of carbonyl (C=O) groups excluding carboxylic acids is 4. The van der Waals surface area contributed by atoms with E-state index in [1.54, 1.807) is 0 Å². The molecule has 0 aromatic carbocycles. The molecule has 3 rings (SSSR count). The topological polar surface area (TPSA) is 492 Å². The van der Waals surface area contributed by atoms with Crippen molar-refractivity contribution in [1.82, 2.24) is 40.8 Å². The molecule has 0 bridgehead atoms. The van der Waals surface area contributed by atoms with Crippen molar-refractivity contribution < 1.29 is 109 Å². The number of nitrogens with one attached hydrogen (secondary N) is 4. The zero-order chi connectivity index (χ0) is 52.9. The number of phosphoric acid groups is 4. The Hall–Kier alpha value is -2.75. The van der Waals surface area contributed by atoms with Crippen LogP contribution in [0.4, 0.5) is 5.82 Å². The summed E-state index contributed by atoms with van der Waals surface area (Å²) < 4.78 is 77.5. The van der Waals surface area contributed by atoms with E-state index in [1.807, 2.05) is 0 Å². The minimum absolute atomic E-state index is 0.0134. The smallest absolute Gasteiger partial charge is 0.386 e. The standard InChI is InChI=1S/C32H57N9O23P4S2/c1-31(2,14-60-65(49,50)51)24(45)28(47)36-7-5-19(42)34-9-11-69-70-12-10-35-20(43)6-8-37-29(48)25(46)32(3,4)15-61-68(57,58)64-67(55,56)59-13-18-23(63-66(52,53)54)22(44)30(62-18)41-17-40-21-26(33)38-16-39-27(21)41/h16-18,22-25,30,44-46H,5-15H2,1-4H3,(H,34,42)(H,35,43)(H,36,47)(H,37,48)(H,55,56)(H,57,58)(H2,33,38,39)(H2,49,50,51)(H2,52,53,54)/t18-,22-,23-,24+,25+,30-/m1/s1. The lowest BCUT2D eigenvalue weighted by Crippen LogP contribution is -2.46. The van der Waals surface area contributed by atoms with Gasteiger partial charge >= 0.3 is 31.3 Å². The molecule has 0 spiro atoms. The normalized spacial score (nSPS) is 20.5. The van der Waals surface area contributed by atoms with Gasteiger partial charge in [-0.1, -0.05) is 49.3 Å². The summed E-state index contributed by atoms with van der Waals surface area (Å²) in [6, 6.07) is 0. The minimum atomic E-state index is -5.61. The molecule has 1 aliphatic rings. The fraction of sp³-hybridized carbons (Fsp3) is 0.719. The molecule has 0 aliphatic carbocycles. The third kappa shape index (κ3) is 20.6. The summed E-state index contributed by atoms with van der Waals surface area (Å²) in [6.45, 7) is 2.71. The van der Waals surface area contributed by atoms with Gasteiger partial charge in [0.15, 0.2) is 17.7 Å². The number of fused-ring (bicyclic) bond motifs is 1. The molecule has 2 aromatic heterocycles. The van der Waals surface area contributed by atoms with Crippen LogP contribution in [0.3, 0.4) is 0 Å². The second-order valence-electron chi connectivity index (χ2n) is 16.3. The molecule has 0 radical (unpaired) electrons. The number of aliphatic hydroxyl groups excluding tert-OH is 3. The van der Waals surface area contributed by atoms with Crippen molar-refractivity contribution in [1.29, 1.82) is 0 Å². The summed E-state index contributed by atoms with van der Waals surface area (Å²) in [7, 11) is -18.5. The quantitative estimate of drug-likeness (QED) is 0.0219. The number of amides is 4. The van der Waals surface area contributed by atoms with E-state index in [1.165, 1.54) is 49.3 Å². The van der Waals surface area contributed by atoms with Crippen molar-refractivity contribution in [3.63, 3.8) is 0 Å². The zero-order valence-electron chi connectivity index (χ0n) is 37.6. The number of nitrogens with zero attached hydrogens (tertiary/aromatic N) is 4. The number of carbonyl (C=O) groups is 4. The number of aromatic nitrogens is 4. The predicted octanol–water partition coefficient (Wildman–Crippen LogP) is -2.09. The Kier molecular flexibility index (Phi) is 23.3. The van der Waals surface area contributed by atoms with Gasteiger partial charge in [-0.05, 0) is 0 Å². The van der Waals surface area contributed by atoms with E-state index >= 15 is 0 Å². The van der Waals surface area contributed by atoms with Gasteiger partial charge in [-0.3, -0.25) is 41.8 Å². The van der Waals surface area contributed by atoms with Crippen LogP contribution in [0.1, 0.15) is 46.8 Å². The number of imidazole rings is 1. The van der Waals surface area contributed by atoms with Gasteiger partial charge in [0.1, 0.15) is 42.4 Å². The van der Waals surface area contributed by atoms with Gasteiger partial charge in [0.25, 0.3) is 0 Å². The highest BCUT2D eigenvalue weighted by Crippen LogP contribution is 2.61. The van der Waals surface area contributed by atoms with E-state index in [0.717, 1.165) is 17.2 Å². The molecule has 3 heterocycles. The zero-order valence-corrected chi connectivity index (χ0v) is 42.8. The number of hydrogen-bond donors (Lipinski definition) is 14. The number of rotatable bonds is 31. The molecule has 1 saturated heterocycles. The molecule has 15 N–H and O–H groups in total. The second kappa shape index (κ2) is 26.5. The fourth-order valence-corrected chi connectivity index (χ4v) is 10.8. The van der Waals surface area contributed by atoms with Crippen molar-refractivity contribution in [2.24, 2.45) is 10.8 Å². The Labute approximate surface area is 406 Å². The van der Waals surface area contributed by atoms with Gasteiger partial charge in [-0.15, -0.1) is 0 Å². The van der Waals surface area contributed by atoms with Crippen molar-refractivity contribution in [3.8, 4) is 0 Å². The third-order valence-corrected chi connectivity index (χ3v) is 15.4. The van der Waals surface area contributed by atoms with Crippen molar-refractivity contribution >= 4 is 93.5 Å². The maximum absolute atomic E-state index is 12.7. The third-order valence-electron chi connectivity index (χ3n) is 9.42. The highest BCUT2D eigenvalue weighted by Gasteiger charge is 2.50. The summed E-state index contributed by atoms with van der Waals surface area (Å²) in [4.78, 5) is 118. The Morgan fingerprint density at radius 1 is 0.757 bits per heavy atom. The van der Waals surface area contributed by atoms with Crippen LogP contribution in [0, 0.1) is 10.8 Å². The van der Waals surface area contributed by atoms with E-state index in [-0.39, 0.29) is 61.9 Å². The number of ether oxygens (including phenoxy) is 1. The van der Waals surface area contributed by atoms with Gasteiger partial charge in [0.2, 0.25) is 23.6 Å². The predicted molar refractivity (Wildman–Crippen MR) is 243 cm³/mol. The van der Waals surface area contributed by atoms with E-state index in [2.05, 4.69) is 49.6 Å². The number of nitrogens with two attached hydrogens (primary N) is 1. The molecule has 4 amide bonds. The molecule has 2 aromatic rings. The van der Waals surface area contributed by atoms with Crippen LogP contribution >= 0.6 is 52.9 Å². The highest BCUT2D eigenvalue weighted by molar-refractivity contribution is 8.76. The maximum atomic E-state index is 12.7. The molecular formula is C32H57N9O23P4S2. The van der Waals surface area contributed by atoms with E-state index < -0.39 is 116 Å². The Morgan fingerprint density at radius 3 is 1.76 bits per heavy atom. The summed E-state index contributed by atoms with van der Waals surface area (Å²) >= 11 is 0. The number of anilines is 1. The SMILES string of the molecule is CC(C)(COP(=O)(O)O)[C@@H](O)C(=O)NCCC(=O)NCCSSCCNC(=O)CCNC(=O)[C@H](O)C(C)(C)COP(=O)(O)OP(=O)(O)OC[C@H]1O[C@@H](n2cnc3c(N)ncnc32)[C@H](O)[C@@H]1OP(=O)(O)O. The summed E-state index contributed by atoms with van der Waals surface area (Å²) in [5.74, 6) is -1.79. The molecule has 0 saturated carbocycles. The summed E-state index contributed by atoms with van der Waals surface area (Å²) in [5.41, 5.74) is 2.86. The second-order valence-corrected chi connectivity index (χ2v) is 24.4.